The van der Waals surface area contributed by atoms with Crippen LogP contribution in [-0.4, -0.2) is 0 Å². The Morgan fingerprint density at radius 2 is 1.38 bits per heavy atom. The van der Waals surface area contributed by atoms with Gasteiger partial charge in [0.1, 0.15) is 0 Å². The predicted octanol–water partition coefficient (Wildman–Crippen LogP) is 4.68. The third-order valence-corrected chi connectivity index (χ3v) is 3.44. The average molecular weight is 271 g/mol. The van der Waals surface area contributed by atoms with E-state index in [4.69, 9.17) is 0 Å². The van der Waals surface area contributed by atoms with E-state index < -0.39 is 0 Å². The van der Waals surface area contributed by atoms with Gasteiger partial charge < -0.3 is 5.32 Å². The van der Waals surface area contributed by atoms with Gasteiger partial charge in [0.25, 0.3) is 0 Å². The zero-order valence-electron chi connectivity index (χ0n) is 11.8. The lowest BCUT2D eigenvalue weighted by Gasteiger charge is -2.11. The number of allylic oxidation sites excluding steroid dienone is 4. The predicted molar refractivity (Wildman–Crippen MR) is 89.5 cm³/mol. The van der Waals surface area contributed by atoms with Crippen molar-refractivity contribution in [1.82, 2.24) is 5.32 Å². The van der Waals surface area contributed by atoms with Crippen LogP contribution in [0.5, 0.6) is 0 Å². The second-order valence-electron chi connectivity index (χ2n) is 4.84. The molecule has 102 valence electrons. The van der Waals surface area contributed by atoms with E-state index in [1.54, 1.807) is 6.20 Å². The van der Waals surface area contributed by atoms with Crippen molar-refractivity contribution in [3.05, 3.63) is 114 Å². The molecule has 1 heteroatoms. The van der Waals surface area contributed by atoms with Crippen molar-refractivity contribution < 1.29 is 0 Å². The highest BCUT2D eigenvalue weighted by atomic mass is 14.8. The normalized spacial score (nSPS) is 13.0. The molecule has 0 saturated carbocycles. The van der Waals surface area contributed by atoms with Crippen LogP contribution in [0.1, 0.15) is 11.1 Å². The third kappa shape index (κ3) is 2.87. The number of nitrogens with one attached hydrogen (secondary N) is 1. The van der Waals surface area contributed by atoms with Crippen molar-refractivity contribution in [3.8, 4) is 0 Å². The molecule has 0 unspecified atom stereocenters. The summed E-state index contributed by atoms with van der Waals surface area (Å²) >= 11 is 0. The van der Waals surface area contributed by atoms with E-state index in [2.05, 4.69) is 78.7 Å². The molecule has 1 aliphatic rings. The molecule has 1 N–H and O–H groups in total. The number of hydrogen-bond acceptors (Lipinski definition) is 1. The topological polar surface area (TPSA) is 12.0 Å². The van der Waals surface area contributed by atoms with Crippen molar-refractivity contribution in [2.45, 2.75) is 0 Å². The van der Waals surface area contributed by atoms with Gasteiger partial charge in [-0.1, -0.05) is 73.3 Å². The van der Waals surface area contributed by atoms with E-state index in [1.165, 1.54) is 22.3 Å². The molecule has 2 aromatic rings. The average Bonchev–Trinajstić information content (AvgIpc) is 2.98. The third-order valence-electron chi connectivity index (χ3n) is 3.44. The molecule has 2 aromatic carbocycles. The molecule has 0 aliphatic heterocycles. The Balaban J connectivity index is 2.15. The van der Waals surface area contributed by atoms with Gasteiger partial charge in [-0.15, -0.1) is 0 Å². The van der Waals surface area contributed by atoms with Gasteiger partial charge in [-0.25, -0.2) is 0 Å². The summed E-state index contributed by atoms with van der Waals surface area (Å²) in [5.74, 6) is 0. The monoisotopic (exact) mass is 271 g/mol. The number of hydrogen-bond donors (Lipinski definition) is 1. The smallest absolute Gasteiger partial charge is 0.0385 e. The largest absolute Gasteiger partial charge is 0.362 e. The summed E-state index contributed by atoms with van der Waals surface area (Å²) in [5.41, 5.74) is 5.95. The lowest BCUT2D eigenvalue weighted by Crippen LogP contribution is -1.98. The van der Waals surface area contributed by atoms with Crippen molar-refractivity contribution in [3.63, 3.8) is 0 Å². The lowest BCUT2D eigenvalue weighted by molar-refractivity contribution is 1.13. The van der Waals surface area contributed by atoms with E-state index in [1.807, 2.05) is 12.1 Å². The molecule has 0 heterocycles. The van der Waals surface area contributed by atoms with Gasteiger partial charge in [-0.3, -0.25) is 0 Å². The van der Waals surface area contributed by atoms with E-state index >= 15 is 0 Å². The molecular weight excluding hydrogens is 254 g/mol. The van der Waals surface area contributed by atoms with Crippen LogP contribution in [0, 0.1) is 0 Å². The molecule has 1 nitrogen and oxygen atoms in total. The Morgan fingerprint density at radius 3 is 1.90 bits per heavy atom. The Labute approximate surface area is 125 Å². The van der Waals surface area contributed by atoms with Gasteiger partial charge in [0.2, 0.25) is 0 Å². The molecule has 0 aromatic heterocycles. The fraction of sp³-hybridized carbons (Fsp3) is 0. The van der Waals surface area contributed by atoms with Crippen LogP contribution in [0.25, 0.3) is 5.57 Å². The molecule has 0 bridgehead atoms. The van der Waals surface area contributed by atoms with Crippen LogP contribution in [0.15, 0.2) is 103 Å². The quantitative estimate of drug-likeness (QED) is 0.851. The van der Waals surface area contributed by atoms with Gasteiger partial charge in [0.05, 0.1) is 0 Å². The SMILES string of the molecule is C=CNC1=CC(=C(c2ccccc2)c2ccccc2)C=C1. The van der Waals surface area contributed by atoms with E-state index in [-0.39, 0.29) is 0 Å². The summed E-state index contributed by atoms with van der Waals surface area (Å²) in [6.07, 6.45) is 8.06. The van der Waals surface area contributed by atoms with Gasteiger partial charge in [-0.05, 0) is 40.6 Å². The molecule has 1 aliphatic carbocycles. The lowest BCUT2D eigenvalue weighted by atomic mass is 9.93. The fourth-order valence-electron chi connectivity index (χ4n) is 2.52. The first-order valence-electron chi connectivity index (χ1n) is 7.01. The maximum Gasteiger partial charge on any atom is 0.0385 e. The summed E-state index contributed by atoms with van der Waals surface area (Å²) in [6, 6.07) is 21.0. The molecular formula is C20H17N. The molecule has 0 saturated heterocycles. The van der Waals surface area contributed by atoms with Crippen molar-refractivity contribution in [2.75, 3.05) is 0 Å². The minimum absolute atomic E-state index is 1.06. The van der Waals surface area contributed by atoms with E-state index in [0.717, 1.165) is 5.70 Å². The Kier molecular flexibility index (Phi) is 3.83. The van der Waals surface area contributed by atoms with Crippen LogP contribution in [-0.2, 0) is 0 Å². The van der Waals surface area contributed by atoms with Crippen LogP contribution in [0.2, 0.25) is 0 Å². The van der Waals surface area contributed by atoms with Gasteiger partial charge >= 0.3 is 0 Å². The molecule has 0 spiro atoms. The standard InChI is InChI=1S/C20H17N/c1-2-21-19-14-13-18(15-19)20(16-9-5-3-6-10-16)17-11-7-4-8-12-17/h2-15,21H,1H2. The molecule has 21 heavy (non-hydrogen) atoms. The van der Waals surface area contributed by atoms with E-state index in [9.17, 15) is 0 Å². The van der Waals surface area contributed by atoms with Crippen LogP contribution < -0.4 is 5.32 Å². The summed E-state index contributed by atoms with van der Waals surface area (Å²) < 4.78 is 0. The zero-order chi connectivity index (χ0) is 14.5. The van der Waals surface area contributed by atoms with Crippen LogP contribution in [0.4, 0.5) is 0 Å². The molecule has 0 atom stereocenters. The summed E-state index contributed by atoms with van der Waals surface area (Å²) in [4.78, 5) is 0. The second kappa shape index (κ2) is 6.10. The van der Waals surface area contributed by atoms with Crippen molar-refractivity contribution in [2.24, 2.45) is 0 Å². The van der Waals surface area contributed by atoms with Gasteiger partial charge in [0.15, 0.2) is 0 Å². The highest BCUT2D eigenvalue weighted by molar-refractivity contribution is 5.86. The summed E-state index contributed by atoms with van der Waals surface area (Å²) in [5, 5.41) is 3.14. The second-order valence-corrected chi connectivity index (χ2v) is 4.84. The Morgan fingerprint density at radius 1 is 0.810 bits per heavy atom. The van der Waals surface area contributed by atoms with Crippen molar-refractivity contribution in [1.29, 1.82) is 0 Å². The van der Waals surface area contributed by atoms with E-state index in [0.29, 0.717) is 0 Å². The Bertz CT molecular complexity index is 677. The van der Waals surface area contributed by atoms with Crippen LogP contribution >= 0.6 is 0 Å². The molecule has 0 fully saturated rings. The van der Waals surface area contributed by atoms with Gasteiger partial charge in [0, 0.05) is 5.70 Å². The molecule has 0 radical (unpaired) electrons. The van der Waals surface area contributed by atoms with Crippen LogP contribution in [0.3, 0.4) is 0 Å². The highest BCUT2D eigenvalue weighted by Crippen LogP contribution is 2.30. The zero-order valence-corrected chi connectivity index (χ0v) is 11.8. The van der Waals surface area contributed by atoms with Gasteiger partial charge in [-0.2, -0.15) is 0 Å². The Hall–Kier alpha value is -2.80. The minimum Gasteiger partial charge on any atom is -0.362 e. The minimum atomic E-state index is 1.06. The fourth-order valence-corrected chi connectivity index (χ4v) is 2.52. The molecule has 0 amide bonds. The molecule has 3 rings (SSSR count). The highest BCUT2D eigenvalue weighted by Gasteiger charge is 2.11. The number of benzene rings is 2. The number of rotatable bonds is 4. The first-order valence-corrected chi connectivity index (χ1v) is 7.01. The summed E-state index contributed by atoms with van der Waals surface area (Å²) in [6.45, 7) is 3.71. The first-order chi connectivity index (χ1) is 10.4. The maximum atomic E-state index is 3.71. The van der Waals surface area contributed by atoms with Crippen molar-refractivity contribution >= 4 is 5.57 Å². The summed E-state index contributed by atoms with van der Waals surface area (Å²) in [7, 11) is 0. The maximum absolute atomic E-state index is 3.71. The first kappa shape index (κ1) is 13.2.